The number of carbonyl (C=O) groups excluding carboxylic acids is 4. The topological polar surface area (TPSA) is 328 Å². The summed E-state index contributed by atoms with van der Waals surface area (Å²) in [7, 11) is 1.54. The summed E-state index contributed by atoms with van der Waals surface area (Å²) in [5.41, 5.74) is 13.0. The number of nitrogens with one attached hydrogen (secondary N) is 2. The largest absolute Gasteiger partial charge is 0.493 e. The Hall–Kier alpha value is -11.7. The van der Waals surface area contributed by atoms with E-state index in [-0.39, 0.29) is 78.2 Å². The molecule has 9 heterocycles. The third kappa shape index (κ3) is 17.2. The first kappa shape index (κ1) is 79.9. The number of furan rings is 1. The fourth-order valence-corrected chi connectivity index (χ4v) is 18.9. The summed E-state index contributed by atoms with van der Waals surface area (Å²) >= 11 is 28.2. The quantitative estimate of drug-likeness (QED) is 0.0410. The molecule has 0 aliphatic rings. The third-order valence-electron chi connectivity index (χ3n) is 17.6. The summed E-state index contributed by atoms with van der Waals surface area (Å²) < 4.78 is 47.2. The molecule has 574 valence electrons. The van der Waals surface area contributed by atoms with E-state index in [0.717, 1.165) is 74.8 Å². The van der Waals surface area contributed by atoms with Gasteiger partial charge in [-0.15, -0.1) is 84.5 Å². The Morgan fingerprint density at radius 3 is 1.49 bits per heavy atom. The molecule has 6 N–H and O–H groups in total. The van der Waals surface area contributed by atoms with Crippen LogP contribution in [0.25, 0.3) is 96.5 Å². The molecule has 0 unspecified atom stereocenters. The predicted molar refractivity (Wildman–Crippen MR) is 451 cm³/mol. The van der Waals surface area contributed by atoms with E-state index in [1.807, 2.05) is 24.3 Å². The number of rotatable bonds is 19. The van der Waals surface area contributed by atoms with E-state index in [9.17, 15) is 67.6 Å². The number of nitrogens with zero attached hydrogens (tertiary/aromatic N) is 5. The number of Topliss-reactive ketones (excluding diaryl/α,β-unsaturated/α-hetero) is 2. The van der Waals surface area contributed by atoms with Crippen LogP contribution in [0.2, 0.25) is 15.1 Å². The summed E-state index contributed by atoms with van der Waals surface area (Å²) in [6, 6.07) is 42.5. The number of methoxy groups -OCH3 is 1. The zero-order chi connectivity index (χ0) is 81.0. The van der Waals surface area contributed by atoms with Gasteiger partial charge >= 0.3 is 23.9 Å². The average molecular weight is 1740 g/mol. The number of ether oxygens (including phenoxy) is 1. The molecule has 21 nitrogen and oxygen atoms in total. The average Bonchev–Trinajstić information content (AvgIpc) is 0.874. The number of aryl methyl sites for hydroxylation is 1. The van der Waals surface area contributed by atoms with Gasteiger partial charge in [-0.25, -0.2) is 42.9 Å². The van der Waals surface area contributed by atoms with Crippen LogP contribution in [-0.2, 0) is 12.8 Å². The summed E-state index contributed by atoms with van der Waals surface area (Å²) in [5.74, 6) is -7.06. The van der Waals surface area contributed by atoms with Crippen LogP contribution in [0.4, 0.5) is 18.8 Å². The molecule has 17 rings (SSSR count). The number of para-hydroxylation sites is 1. The molecule has 0 bridgehead atoms. The van der Waals surface area contributed by atoms with Gasteiger partial charge < -0.3 is 40.2 Å². The van der Waals surface area contributed by atoms with Gasteiger partial charge in [0.1, 0.15) is 32.4 Å². The van der Waals surface area contributed by atoms with Gasteiger partial charge in [0.05, 0.1) is 80.2 Å². The number of thiophene rings is 4. The molecule has 8 aromatic carbocycles. The predicted octanol–water partition coefficient (Wildman–Crippen LogP) is 22.9. The van der Waals surface area contributed by atoms with E-state index in [0.29, 0.717) is 92.6 Å². The van der Waals surface area contributed by atoms with Crippen molar-refractivity contribution in [2.75, 3.05) is 17.7 Å². The lowest BCUT2D eigenvalue weighted by Crippen LogP contribution is -2.13. The minimum atomic E-state index is -1.29. The van der Waals surface area contributed by atoms with Gasteiger partial charge in [0, 0.05) is 93.8 Å². The van der Waals surface area contributed by atoms with Crippen LogP contribution < -0.4 is 15.4 Å². The van der Waals surface area contributed by atoms with Crippen LogP contribution >= 0.6 is 126 Å². The number of ketones is 2. The lowest BCUT2D eigenvalue weighted by molar-refractivity contribution is 0.0686. The van der Waals surface area contributed by atoms with Crippen LogP contribution in [0.15, 0.2) is 194 Å². The fraction of sp³-hybridized carbons (Fsp3) is 0.0494. The Morgan fingerprint density at radius 2 is 0.939 bits per heavy atom. The van der Waals surface area contributed by atoms with E-state index < -0.39 is 47.3 Å². The van der Waals surface area contributed by atoms with Crippen LogP contribution in [-0.4, -0.2) is 99.3 Å². The molecular weight excluding hydrogens is 1700 g/mol. The number of carboxylic acids is 4. The van der Waals surface area contributed by atoms with Crippen LogP contribution in [0.3, 0.4) is 0 Å². The summed E-state index contributed by atoms with van der Waals surface area (Å²) in [6.45, 7) is 1.43. The number of benzene rings is 8. The number of fused-ring (bicyclic) bond motifs is 5. The summed E-state index contributed by atoms with van der Waals surface area (Å²) in [6.07, 6.45) is -0.118. The first-order chi connectivity index (χ1) is 55.4. The zero-order valence-electron chi connectivity index (χ0n) is 58.7. The zero-order valence-corrected chi connectivity index (χ0v) is 67.5. The van der Waals surface area contributed by atoms with Crippen LogP contribution in [0.5, 0.6) is 5.75 Å². The first-order valence-electron chi connectivity index (χ1n) is 33.4. The number of aromatic nitrogens is 5. The van der Waals surface area contributed by atoms with Crippen LogP contribution in [0.1, 0.15) is 98.2 Å². The lowest BCUT2D eigenvalue weighted by Gasteiger charge is -2.07. The maximum absolute atomic E-state index is 14.4. The Bertz CT molecular complexity index is 6740. The molecule has 0 aliphatic heterocycles. The minimum Gasteiger partial charge on any atom is -0.493 e. The van der Waals surface area contributed by atoms with Gasteiger partial charge in [0.25, 0.3) is 11.8 Å². The molecule has 0 fully saturated rings. The maximum atomic E-state index is 14.4. The summed E-state index contributed by atoms with van der Waals surface area (Å²) in [4.78, 5) is 112. The SMILES string of the molecule is COc1cccc2cc(-c3csc(NC(=O)c4ccc5scnc5c4)c3C(=O)O)oc12.Cc1ccc(-c2csc(CC(=O)c3ccc4scnc4c3)c2C(=O)O)c(F)c1F.O=C(Cc1scc(-c2ccc(Cl)cc2)c1C(=O)O)c1ccc2scnc2c1.O=C(Nc1scc(-c2ccc(Cl)c(Cl)c2)c1C(=O)O)c1ccc2snnc2c1. The molecule has 115 heavy (non-hydrogen) atoms. The normalized spacial score (nSPS) is 11.1. The van der Waals surface area contributed by atoms with E-state index in [2.05, 4.69) is 35.2 Å². The molecule has 17 aromatic rings. The molecule has 0 aliphatic carbocycles. The van der Waals surface area contributed by atoms with Gasteiger partial charge in [-0.3, -0.25) is 19.2 Å². The number of thiazole rings is 3. The number of carboxylic acid groups (broad SMARTS) is 4. The molecule has 2 amide bonds. The second-order valence-electron chi connectivity index (χ2n) is 24.7. The standard InChI is InChI=1S/C22H14N2O5S2.C21H13F2NO3S2.C20H12ClNO3S2.C18H9Cl2N3O3S2/c1-28-15-4-2-3-11-8-16(29-19(11)15)13-9-30-21(18(13)22(26)27)24-20(25)12-5-6-17-14(7-12)23-10-31-17;1-10-2-4-12(20(23)19(10)22)13-8-28-17(18(13)21(26)27)7-15(25)11-3-5-16-14(6-11)24-9-29-16;21-13-4-1-11(2-5-13)14-9-26-18(19(14)20(24)25)8-16(23)12-3-6-17-15(7-12)22-10-27-17;19-11-3-1-8(5-12(11)20)10-7-27-17(15(10)18(25)26)21-16(24)9-2-4-14-13(6-9)22-23-28-14/h2-10H,1H3,(H,24,25)(H,26,27);2-6,8-9H,7H2,1H3,(H,26,27);1-7,9-10H,8H2,(H,24,25);1-7H,(H,21,24)(H,25,26). The third-order valence-corrected chi connectivity index (χ3v) is 25.5. The smallest absolute Gasteiger partial charge is 0.339 e. The van der Waals surface area contributed by atoms with E-state index in [4.69, 9.17) is 44.0 Å². The molecule has 0 spiro atoms. The Kier molecular flexibility index (Phi) is 24.0. The van der Waals surface area contributed by atoms with E-state index in [1.54, 1.807) is 155 Å². The van der Waals surface area contributed by atoms with Crippen molar-refractivity contribution in [1.29, 1.82) is 0 Å². The van der Waals surface area contributed by atoms with Crippen molar-refractivity contribution in [2.24, 2.45) is 0 Å². The number of carbonyl (C=O) groups is 8. The van der Waals surface area contributed by atoms with Crippen molar-refractivity contribution in [2.45, 2.75) is 19.8 Å². The highest BCUT2D eigenvalue weighted by molar-refractivity contribution is 7.18. The monoisotopic (exact) mass is 1740 g/mol. The fourth-order valence-electron chi connectivity index (χ4n) is 12.0. The number of amides is 2. The minimum absolute atomic E-state index is 0.00635. The highest BCUT2D eigenvalue weighted by Crippen LogP contribution is 2.43. The highest BCUT2D eigenvalue weighted by Gasteiger charge is 2.29. The highest BCUT2D eigenvalue weighted by atomic mass is 35.5. The second-order valence-corrected chi connectivity index (χ2v) is 33.1. The van der Waals surface area contributed by atoms with Crippen molar-refractivity contribution in [3.63, 3.8) is 0 Å². The lowest BCUT2D eigenvalue weighted by atomic mass is 9.98. The maximum Gasteiger partial charge on any atom is 0.339 e. The molecule has 0 radical (unpaired) electrons. The number of aromatic carboxylic acids is 4. The van der Waals surface area contributed by atoms with Crippen LogP contribution in [0, 0.1) is 18.6 Å². The van der Waals surface area contributed by atoms with Gasteiger partial charge in [0.2, 0.25) is 0 Å². The molecule has 0 atom stereocenters. The van der Waals surface area contributed by atoms with Crippen molar-refractivity contribution < 1.29 is 76.7 Å². The summed E-state index contributed by atoms with van der Waals surface area (Å²) in [5, 5.41) is 57.3. The molecule has 9 aromatic heterocycles. The van der Waals surface area contributed by atoms with E-state index in [1.165, 1.54) is 81.3 Å². The van der Waals surface area contributed by atoms with Crippen molar-refractivity contribution in [3.05, 3.63) is 276 Å². The van der Waals surface area contributed by atoms with Crippen molar-refractivity contribution in [1.82, 2.24) is 24.5 Å². The Morgan fingerprint density at radius 1 is 0.461 bits per heavy atom. The Balaban J connectivity index is 0.000000127. The number of hydrogen-bond acceptors (Lipinski definition) is 23. The van der Waals surface area contributed by atoms with Crippen molar-refractivity contribution in [3.8, 4) is 50.5 Å². The molecular formula is C81H48Cl3F2N7O14S8. The number of halogens is 5. The molecule has 34 heteroatoms. The molecule has 0 saturated heterocycles. The second kappa shape index (κ2) is 34.5. The first-order valence-corrected chi connectivity index (χ1v) is 41.5. The number of hydrogen-bond donors (Lipinski definition) is 6. The molecule has 0 saturated carbocycles. The van der Waals surface area contributed by atoms with Gasteiger partial charge in [-0.2, -0.15) is 0 Å². The van der Waals surface area contributed by atoms with Crippen molar-refractivity contribution >= 4 is 235 Å². The van der Waals surface area contributed by atoms with Gasteiger partial charge in [0.15, 0.2) is 34.5 Å². The van der Waals surface area contributed by atoms with Gasteiger partial charge in [-0.05, 0) is 155 Å². The van der Waals surface area contributed by atoms with Gasteiger partial charge in [-0.1, -0.05) is 81.8 Å². The van der Waals surface area contributed by atoms with E-state index >= 15 is 0 Å². The number of anilines is 2. The Labute approximate surface area is 694 Å².